The number of nitrogens with zero attached hydrogens (tertiary/aromatic N) is 5. The molecule has 0 atom stereocenters. The lowest BCUT2D eigenvalue weighted by Gasteiger charge is -2.31. The lowest BCUT2D eigenvalue weighted by Crippen LogP contribution is -2.43. The summed E-state index contributed by atoms with van der Waals surface area (Å²) in [6.45, 7) is 2.01. The van der Waals surface area contributed by atoms with Gasteiger partial charge >= 0.3 is 0 Å². The molecule has 3 aromatic rings. The van der Waals surface area contributed by atoms with E-state index in [1.807, 2.05) is 18.3 Å². The van der Waals surface area contributed by atoms with Gasteiger partial charge in [0.25, 0.3) is 0 Å². The van der Waals surface area contributed by atoms with Crippen molar-refractivity contribution in [3.63, 3.8) is 0 Å². The maximum atomic E-state index is 11.1. The first-order valence-electron chi connectivity index (χ1n) is 11.9. The largest absolute Gasteiger partial charge is 0.369 e. The highest BCUT2D eigenvalue weighted by Gasteiger charge is 2.25. The number of anilines is 3. The number of carbonyl (C=O) groups is 1. The summed E-state index contributed by atoms with van der Waals surface area (Å²) in [7, 11) is 0. The van der Waals surface area contributed by atoms with E-state index in [2.05, 4.69) is 43.7 Å². The van der Waals surface area contributed by atoms with Gasteiger partial charge in [-0.05, 0) is 73.6 Å². The summed E-state index contributed by atoms with van der Waals surface area (Å²) in [5.41, 5.74) is 8.89. The summed E-state index contributed by atoms with van der Waals surface area (Å²) >= 11 is 0. The van der Waals surface area contributed by atoms with Crippen LogP contribution in [0, 0.1) is 11.3 Å². The highest BCUT2D eigenvalue weighted by Crippen LogP contribution is 2.42. The number of nitrogens with one attached hydrogen (secondary N) is 2. The quantitative estimate of drug-likeness (QED) is 0.458. The molecule has 0 bridgehead atoms. The molecule has 0 radical (unpaired) electrons. The first-order chi connectivity index (χ1) is 17.1. The van der Waals surface area contributed by atoms with Crippen molar-refractivity contribution in [2.75, 3.05) is 30.3 Å². The van der Waals surface area contributed by atoms with E-state index in [4.69, 9.17) is 16.0 Å². The molecule has 9 heteroatoms. The van der Waals surface area contributed by atoms with Gasteiger partial charge in [0.1, 0.15) is 17.5 Å². The molecule has 178 valence electrons. The summed E-state index contributed by atoms with van der Waals surface area (Å²) in [6, 6.07) is 14.1. The number of aromatic nitrogens is 3. The number of amides is 1. The summed E-state index contributed by atoms with van der Waals surface area (Å²) < 4.78 is 0. The molecule has 4 N–H and O–H groups in total. The first kappa shape index (κ1) is 22.7. The van der Waals surface area contributed by atoms with Gasteiger partial charge in [0.2, 0.25) is 5.91 Å². The molecule has 1 saturated carbocycles. The van der Waals surface area contributed by atoms with Crippen molar-refractivity contribution in [2.24, 2.45) is 5.73 Å². The zero-order chi connectivity index (χ0) is 24.2. The second-order valence-corrected chi connectivity index (χ2v) is 9.20. The minimum atomic E-state index is -0.279. The lowest BCUT2D eigenvalue weighted by molar-refractivity contribution is -0.119. The molecule has 0 spiro atoms. The third-order valence-corrected chi connectivity index (χ3v) is 6.42. The van der Waals surface area contributed by atoms with E-state index in [9.17, 15) is 4.79 Å². The molecule has 1 aliphatic carbocycles. The molecular formula is C26H28N8O. The molecule has 2 fully saturated rings. The van der Waals surface area contributed by atoms with Gasteiger partial charge in [0.05, 0.1) is 23.9 Å². The molecule has 1 aliphatic heterocycles. The number of likely N-dealkylation sites (tertiary alicyclic amines) is 1. The van der Waals surface area contributed by atoms with E-state index in [1.54, 1.807) is 18.3 Å². The molecular weight excluding hydrogens is 440 g/mol. The van der Waals surface area contributed by atoms with Crippen molar-refractivity contribution in [3.8, 4) is 17.3 Å². The highest BCUT2D eigenvalue weighted by molar-refractivity contribution is 5.75. The van der Waals surface area contributed by atoms with Crippen LogP contribution in [0.15, 0.2) is 48.8 Å². The van der Waals surface area contributed by atoms with Crippen LogP contribution in [0.5, 0.6) is 0 Å². The fourth-order valence-corrected chi connectivity index (χ4v) is 4.41. The summed E-state index contributed by atoms with van der Waals surface area (Å²) in [5, 5.41) is 15.9. The van der Waals surface area contributed by atoms with E-state index in [0.717, 1.165) is 43.0 Å². The predicted octanol–water partition coefficient (Wildman–Crippen LogP) is 3.39. The van der Waals surface area contributed by atoms with Gasteiger partial charge in [-0.15, -0.1) is 0 Å². The van der Waals surface area contributed by atoms with Crippen LogP contribution in [0.25, 0.3) is 11.3 Å². The minimum absolute atomic E-state index is 0.279. The molecule has 0 unspecified atom stereocenters. The van der Waals surface area contributed by atoms with Crippen LogP contribution in [0.2, 0.25) is 0 Å². The molecule has 3 aromatic heterocycles. The standard InChI is InChI=1S/C26H28N8O/c27-14-17-5-8-29-25(11-17)33-26-13-20(18-1-2-18)12-22(32-26)19-3-4-24(30-15-19)31-21-6-9-34(10-7-21)16-23(28)35/h3-5,8,11-13,15,18,21H,1-2,6-7,9-10,16H2,(H2,28,35)(H,30,31)(H,29,32,33). The smallest absolute Gasteiger partial charge is 0.231 e. The summed E-state index contributed by atoms with van der Waals surface area (Å²) in [5.74, 6) is 2.41. The Morgan fingerprint density at radius 2 is 1.89 bits per heavy atom. The van der Waals surface area contributed by atoms with Crippen molar-refractivity contribution in [3.05, 3.63) is 59.9 Å². The van der Waals surface area contributed by atoms with Crippen molar-refractivity contribution in [1.82, 2.24) is 19.9 Å². The lowest BCUT2D eigenvalue weighted by atomic mass is 10.0. The van der Waals surface area contributed by atoms with Gasteiger partial charge in [-0.3, -0.25) is 9.69 Å². The van der Waals surface area contributed by atoms with Crippen LogP contribution in [-0.2, 0) is 4.79 Å². The molecule has 5 rings (SSSR count). The zero-order valence-electron chi connectivity index (χ0n) is 19.4. The van der Waals surface area contributed by atoms with E-state index in [0.29, 0.717) is 35.7 Å². The Bertz CT molecular complexity index is 1240. The highest BCUT2D eigenvalue weighted by atomic mass is 16.1. The zero-order valence-corrected chi connectivity index (χ0v) is 19.4. The van der Waals surface area contributed by atoms with E-state index >= 15 is 0 Å². The Hall–Kier alpha value is -4.03. The van der Waals surface area contributed by atoms with Crippen LogP contribution >= 0.6 is 0 Å². The molecule has 1 amide bonds. The maximum Gasteiger partial charge on any atom is 0.231 e. The van der Waals surface area contributed by atoms with Crippen molar-refractivity contribution in [1.29, 1.82) is 5.26 Å². The molecule has 9 nitrogen and oxygen atoms in total. The number of rotatable bonds is 8. The number of piperidine rings is 1. The Balaban J connectivity index is 1.29. The second-order valence-electron chi connectivity index (χ2n) is 9.20. The van der Waals surface area contributed by atoms with Crippen molar-refractivity contribution < 1.29 is 4.79 Å². The van der Waals surface area contributed by atoms with Gasteiger partial charge in [-0.1, -0.05) is 0 Å². The van der Waals surface area contributed by atoms with Crippen LogP contribution in [0.4, 0.5) is 17.5 Å². The molecule has 35 heavy (non-hydrogen) atoms. The number of nitriles is 1. The van der Waals surface area contributed by atoms with Gasteiger partial charge in [0.15, 0.2) is 0 Å². The Morgan fingerprint density at radius 3 is 2.57 bits per heavy atom. The third kappa shape index (κ3) is 5.91. The Labute approximate surface area is 204 Å². The number of carbonyl (C=O) groups excluding carboxylic acids is 1. The molecule has 0 aromatic carbocycles. The van der Waals surface area contributed by atoms with Gasteiger partial charge in [-0.2, -0.15) is 5.26 Å². The summed E-state index contributed by atoms with van der Waals surface area (Å²) in [4.78, 5) is 27.0. The average Bonchev–Trinajstić information content (AvgIpc) is 3.71. The number of primary amides is 1. The monoisotopic (exact) mass is 468 g/mol. The van der Waals surface area contributed by atoms with Crippen molar-refractivity contribution in [2.45, 2.75) is 37.6 Å². The van der Waals surface area contributed by atoms with E-state index in [1.165, 1.54) is 18.4 Å². The number of nitrogens with two attached hydrogens (primary N) is 1. The second kappa shape index (κ2) is 10.1. The van der Waals surface area contributed by atoms with Crippen LogP contribution in [-0.4, -0.2) is 51.4 Å². The molecule has 4 heterocycles. The Kier molecular flexibility index (Phi) is 6.55. The van der Waals surface area contributed by atoms with Crippen molar-refractivity contribution >= 4 is 23.4 Å². The number of hydrogen-bond donors (Lipinski definition) is 3. The maximum absolute atomic E-state index is 11.1. The van der Waals surface area contributed by atoms with Gasteiger partial charge in [-0.25, -0.2) is 15.0 Å². The van der Waals surface area contributed by atoms with Crippen LogP contribution < -0.4 is 16.4 Å². The van der Waals surface area contributed by atoms with Gasteiger partial charge in [0, 0.05) is 37.1 Å². The topological polar surface area (TPSA) is 133 Å². The van der Waals surface area contributed by atoms with E-state index in [-0.39, 0.29) is 5.91 Å². The fourth-order valence-electron chi connectivity index (χ4n) is 4.41. The van der Waals surface area contributed by atoms with E-state index < -0.39 is 0 Å². The van der Waals surface area contributed by atoms with Gasteiger partial charge < -0.3 is 16.4 Å². The average molecular weight is 469 g/mol. The fraction of sp³-hybridized carbons (Fsp3) is 0.346. The first-order valence-corrected chi connectivity index (χ1v) is 11.9. The summed E-state index contributed by atoms with van der Waals surface area (Å²) in [6.07, 6.45) is 7.72. The predicted molar refractivity (Wildman–Crippen MR) is 134 cm³/mol. The number of hydrogen-bond acceptors (Lipinski definition) is 8. The van der Waals surface area contributed by atoms with Crippen LogP contribution in [0.3, 0.4) is 0 Å². The Morgan fingerprint density at radius 1 is 1.06 bits per heavy atom. The molecule has 2 aliphatic rings. The molecule has 1 saturated heterocycles. The normalized spacial score (nSPS) is 16.4. The number of pyridine rings is 3. The third-order valence-electron chi connectivity index (χ3n) is 6.42. The SMILES string of the molecule is N#Cc1ccnc(Nc2cc(C3CC3)cc(-c3ccc(NC4CCN(CC(N)=O)CC4)nc3)n2)c1. The van der Waals surface area contributed by atoms with Crippen LogP contribution in [0.1, 0.15) is 42.7 Å². The minimum Gasteiger partial charge on any atom is -0.369 e.